The van der Waals surface area contributed by atoms with Crippen molar-refractivity contribution < 1.29 is 21.9 Å². The summed E-state index contributed by atoms with van der Waals surface area (Å²) in [7, 11) is 0. The molecule has 0 atom stereocenters. The summed E-state index contributed by atoms with van der Waals surface area (Å²) in [4.78, 5) is 2.01. The number of hydrogen-bond donors (Lipinski definition) is 1. The maximum atomic E-state index is 2.47. The fraction of sp³-hybridized carbons (Fsp3) is 1.00. The zero-order valence-electron chi connectivity index (χ0n) is 33.2. The van der Waals surface area contributed by atoms with Gasteiger partial charge in [-0.2, -0.15) is 0 Å². The Bertz CT molecular complexity index is 494. The van der Waals surface area contributed by atoms with Gasteiger partial charge in [0.25, 0.3) is 0 Å². The molecule has 0 amide bonds. The Kier molecular flexibility index (Phi) is 42.1. The summed E-state index contributed by atoms with van der Waals surface area (Å²) in [6.45, 7) is 14.8. The average Bonchev–Trinajstić information content (AvgIpc) is 3.05. The molecule has 1 nitrogen and oxygen atoms in total. The third-order valence-electron chi connectivity index (χ3n) is 11.2. The van der Waals surface area contributed by atoms with Crippen LogP contribution in [-0.2, 0) is 0 Å². The van der Waals surface area contributed by atoms with Crippen LogP contribution < -0.4 is 21.9 Å². The molecule has 0 saturated carbocycles. The zero-order valence-corrected chi connectivity index (χ0v) is 34.8. The van der Waals surface area contributed by atoms with Gasteiger partial charge in [-0.15, -0.1) is 0 Å². The van der Waals surface area contributed by atoms with Crippen LogP contribution >= 0.6 is 0 Å². The number of quaternary nitrogens is 1. The van der Waals surface area contributed by atoms with Gasteiger partial charge in [-0.05, 0) is 25.7 Å². The highest BCUT2D eigenvalue weighted by atomic mass is 79.9. The fourth-order valence-corrected chi connectivity index (χ4v) is 8.14. The first-order valence-electron chi connectivity index (χ1n) is 22.1. The van der Waals surface area contributed by atoms with E-state index < -0.39 is 0 Å². The molecule has 0 saturated heterocycles. The predicted molar refractivity (Wildman–Crippen MR) is 208 cm³/mol. The lowest BCUT2D eigenvalue weighted by Crippen LogP contribution is -3.20. The van der Waals surface area contributed by atoms with Crippen LogP contribution in [0.25, 0.3) is 0 Å². The lowest BCUT2D eigenvalue weighted by atomic mass is 9.80. The van der Waals surface area contributed by atoms with E-state index in [1.54, 1.807) is 0 Å². The Morgan fingerprint density at radius 1 is 0.261 bits per heavy atom. The molecule has 0 aliphatic carbocycles. The van der Waals surface area contributed by atoms with Crippen molar-refractivity contribution in [3.05, 3.63) is 0 Å². The van der Waals surface area contributed by atoms with E-state index in [9.17, 15) is 0 Å². The van der Waals surface area contributed by atoms with Crippen molar-refractivity contribution in [3.8, 4) is 0 Å². The van der Waals surface area contributed by atoms with E-state index in [4.69, 9.17) is 0 Å². The van der Waals surface area contributed by atoms with Gasteiger partial charge in [0.1, 0.15) is 0 Å². The van der Waals surface area contributed by atoms with Crippen LogP contribution in [0.4, 0.5) is 0 Å². The Balaban J connectivity index is 0. The molecule has 46 heavy (non-hydrogen) atoms. The van der Waals surface area contributed by atoms with Gasteiger partial charge in [-0.25, -0.2) is 0 Å². The maximum Gasteiger partial charge on any atom is 0.0976 e. The minimum atomic E-state index is 0. The monoisotopic (exact) mass is 714 g/mol. The molecule has 0 unspecified atom stereocenters. The number of nitrogens with one attached hydrogen (secondary N) is 1. The molecule has 0 aromatic rings. The SMILES string of the molecule is CCCCCCCCCCCCCCCCC(CCC)(CCCCCCCCCCCCCCCC)[NH+](CCCC)CCCC.[Br-]. The molecule has 1 N–H and O–H groups in total. The van der Waals surface area contributed by atoms with Crippen molar-refractivity contribution >= 4 is 0 Å². The van der Waals surface area contributed by atoms with E-state index in [-0.39, 0.29) is 17.0 Å². The third kappa shape index (κ3) is 30.5. The second kappa shape index (κ2) is 39.9. The lowest BCUT2D eigenvalue weighted by Gasteiger charge is -2.42. The molecule has 280 valence electrons. The molecule has 0 aromatic heterocycles. The Morgan fingerprint density at radius 3 is 0.739 bits per heavy atom. The Morgan fingerprint density at radius 2 is 0.500 bits per heavy atom. The van der Waals surface area contributed by atoms with E-state index in [0.717, 1.165) is 0 Å². The standard InChI is InChI=1S/C44H91N.BrH/c1-6-11-15-17-19-21-23-25-27-29-31-33-35-37-40-44(39-10-5,45(42-13-8-3)43-14-9-4)41-38-36-34-32-30-28-26-24-22-20-18-16-12-7-2;/h6-43H2,1-5H3;1H. The van der Waals surface area contributed by atoms with Crippen LogP contribution in [0.1, 0.15) is 266 Å². The molecule has 0 fully saturated rings. The molecule has 0 aromatic carbocycles. The van der Waals surface area contributed by atoms with Gasteiger partial charge in [-0.3, -0.25) is 0 Å². The largest absolute Gasteiger partial charge is 1.00 e. The van der Waals surface area contributed by atoms with Gasteiger partial charge in [0.2, 0.25) is 0 Å². The molecule has 0 spiro atoms. The van der Waals surface area contributed by atoms with Crippen molar-refractivity contribution in [3.63, 3.8) is 0 Å². The average molecular weight is 715 g/mol. The van der Waals surface area contributed by atoms with Gasteiger partial charge in [-0.1, -0.05) is 221 Å². The lowest BCUT2D eigenvalue weighted by molar-refractivity contribution is -0.955. The smallest absolute Gasteiger partial charge is 0.0976 e. The first-order chi connectivity index (χ1) is 22.2. The van der Waals surface area contributed by atoms with Crippen molar-refractivity contribution in [2.75, 3.05) is 13.1 Å². The molecule has 0 rings (SSSR count). The minimum Gasteiger partial charge on any atom is -1.00 e. The summed E-state index contributed by atoms with van der Waals surface area (Å²) in [6.07, 6.45) is 52.6. The number of rotatable bonds is 39. The Labute approximate surface area is 305 Å². The van der Waals surface area contributed by atoms with E-state index in [0.29, 0.717) is 5.54 Å². The number of halogens is 1. The number of hydrogen-bond acceptors (Lipinski definition) is 0. The van der Waals surface area contributed by atoms with Crippen molar-refractivity contribution in [1.82, 2.24) is 0 Å². The molecular weight excluding hydrogens is 622 g/mol. The molecular formula is C44H92BrN. The van der Waals surface area contributed by atoms with Gasteiger partial charge < -0.3 is 21.9 Å². The summed E-state index contributed by atoms with van der Waals surface area (Å²) in [6, 6.07) is 0. The summed E-state index contributed by atoms with van der Waals surface area (Å²) in [5.41, 5.74) is 0.563. The predicted octanol–water partition coefficient (Wildman–Crippen LogP) is 11.8. The zero-order chi connectivity index (χ0) is 32.9. The molecule has 0 aliphatic heterocycles. The normalized spacial score (nSPS) is 11.9. The van der Waals surface area contributed by atoms with Crippen LogP contribution in [0.15, 0.2) is 0 Å². The molecule has 2 heteroatoms. The van der Waals surface area contributed by atoms with E-state index in [1.165, 1.54) is 244 Å². The Hall–Kier alpha value is 0.440. The highest BCUT2D eigenvalue weighted by molar-refractivity contribution is 4.80. The summed E-state index contributed by atoms with van der Waals surface area (Å²) in [5.74, 6) is 0. The molecule has 0 aliphatic rings. The second-order valence-electron chi connectivity index (χ2n) is 15.5. The van der Waals surface area contributed by atoms with Crippen molar-refractivity contribution in [1.29, 1.82) is 0 Å². The van der Waals surface area contributed by atoms with Crippen LogP contribution in [-0.4, -0.2) is 18.6 Å². The maximum absolute atomic E-state index is 2.47. The van der Waals surface area contributed by atoms with Crippen LogP contribution in [0, 0.1) is 0 Å². The summed E-state index contributed by atoms with van der Waals surface area (Å²) >= 11 is 0. The van der Waals surface area contributed by atoms with Crippen LogP contribution in [0.2, 0.25) is 0 Å². The van der Waals surface area contributed by atoms with E-state index in [2.05, 4.69) is 34.6 Å². The van der Waals surface area contributed by atoms with E-state index >= 15 is 0 Å². The quantitative estimate of drug-likeness (QED) is 0.0605. The molecule has 0 bridgehead atoms. The van der Waals surface area contributed by atoms with Crippen molar-refractivity contribution in [2.24, 2.45) is 0 Å². The number of unbranched alkanes of at least 4 members (excludes halogenated alkanes) is 28. The second-order valence-corrected chi connectivity index (χ2v) is 15.5. The topological polar surface area (TPSA) is 4.44 Å². The van der Waals surface area contributed by atoms with Gasteiger partial charge in [0.05, 0.1) is 18.6 Å². The van der Waals surface area contributed by atoms with Gasteiger partial charge in [0.15, 0.2) is 0 Å². The van der Waals surface area contributed by atoms with Gasteiger partial charge in [0, 0.05) is 19.3 Å². The fourth-order valence-electron chi connectivity index (χ4n) is 8.14. The van der Waals surface area contributed by atoms with Crippen LogP contribution in [0.5, 0.6) is 0 Å². The minimum absolute atomic E-state index is 0. The third-order valence-corrected chi connectivity index (χ3v) is 11.2. The molecule has 0 heterocycles. The highest BCUT2D eigenvalue weighted by Crippen LogP contribution is 2.26. The summed E-state index contributed by atoms with van der Waals surface area (Å²) in [5, 5.41) is 0. The van der Waals surface area contributed by atoms with Crippen LogP contribution in [0.3, 0.4) is 0 Å². The van der Waals surface area contributed by atoms with E-state index in [1.807, 2.05) is 4.90 Å². The first-order valence-corrected chi connectivity index (χ1v) is 22.1. The van der Waals surface area contributed by atoms with Crippen molar-refractivity contribution in [2.45, 2.75) is 271 Å². The molecule has 0 radical (unpaired) electrons. The highest BCUT2D eigenvalue weighted by Gasteiger charge is 2.38. The first kappa shape index (κ1) is 48.6. The summed E-state index contributed by atoms with van der Waals surface area (Å²) < 4.78 is 0. The van der Waals surface area contributed by atoms with Gasteiger partial charge >= 0.3 is 0 Å².